The molecule has 0 spiro atoms. The van der Waals surface area contributed by atoms with Crippen molar-refractivity contribution in [1.82, 2.24) is 5.32 Å². The number of hydrogen-bond donors (Lipinski definition) is 2. The molecule has 1 fully saturated rings. The molecule has 0 saturated carbocycles. The number of nitrogens with one attached hydrogen (secondary N) is 1. The quantitative estimate of drug-likeness (QED) is 0.784. The van der Waals surface area contributed by atoms with Gasteiger partial charge in [0.25, 0.3) is 5.92 Å². The fraction of sp³-hybridized carbons (Fsp3) is 0.400. The van der Waals surface area contributed by atoms with E-state index in [1.807, 2.05) is 0 Å². The van der Waals surface area contributed by atoms with E-state index in [0.717, 1.165) is 0 Å². The molecular formula is C10H12ClF2NO. The van der Waals surface area contributed by atoms with Gasteiger partial charge in [0.15, 0.2) is 0 Å². The van der Waals surface area contributed by atoms with Gasteiger partial charge in [0.1, 0.15) is 5.75 Å². The van der Waals surface area contributed by atoms with Gasteiger partial charge in [-0.3, -0.25) is 0 Å². The van der Waals surface area contributed by atoms with Crippen LogP contribution in [0.1, 0.15) is 18.0 Å². The van der Waals surface area contributed by atoms with Gasteiger partial charge in [-0.1, -0.05) is 12.1 Å². The molecule has 1 atom stereocenters. The highest BCUT2D eigenvalue weighted by Gasteiger charge is 2.44. The predicted molar refractivity (Wildman–Crippen MR) is 55.7 cm³/mol. The zero-order chi connectivity index (χ0) is 10.2. The van der Waals surface area contributed by atoms with Gasteiger partial charge in [-0.2, -0.15) is 0 Å². The number of aromatic hydroxyl groups is 1. The summed E-state index contributed by atoms with van der Waals surface area (Å²) in [7, 11) is 0. The number of alkyl halides is 2. The summed E-state index contributed by atoms with van der Waals surface area (Å²) in [5.74, 6) is -2.69. The first kappa shape index (κ1) is 12.2. The maximum atomic E-state index is 13.3. The molecule has 0 amide bonds. The molecule has 1 aromatic rings. The monoisotopic (exact) mass is 235 g/mol. The molecule has 1 aliphatic rings. The van der Waals surface area contributed by atoms with E-state index in [2.05, 4.69) is 5.32 Å². The van der Waals surface area contributed by atoms with Crippen LogP contribution in [0.3, 0.4) is 0 Å². The Morgan fingerprint density at radius 1 is 1.40 bits per heavy atom. The standard InChI is InChI=1S/C10H11F2NO.ClH/c11-10(12)4-5-13-9(10)7-2-1-3-8(14)6-7;/h1-3,6,9,13-14H,4-5H2;1H. The average Bonchev–Trinajstić information content (AvgIpc) is 2.45. The van der Waals surface area contributed by atoms with Gasteiger partial charge in [-0.15, -0.1) is 12.4 Å². The van der Waals surface area contributed by atoms with Crippen molar-refractivity contribution in [3.63, 3.8) is 0 Å². The Balaban J connectivity index is 0.00000112. The summed E-state index contributed by atoms with van der Waals surface area (Å²) in [6.45, 7) is 0.313. The van der Waals surface area contributed by atoms with Crippen molar-refractivity contribution < 1.29 is 13.9 Å². The van der Waals surface area contributed by atoms with E-state index in [1.54, 1.807) is 12.1 Å². The molecule has 1 unspecified atom stereocenters. The van der Waals surface area contributed by atoms with Gasteiger partial charge in [-0.25, -0.2) is 8.78 Å². The zero-order valence-electron chi connectivity index (χ0n) is 7.91. The summed E-state index contributed by atoms with van der Waals surface area (Å²) in [5.41, 5.74) is 0.438. The largest absolute Gasteiger partial charge is 0.508 e. The lowest BCUT2D eigenvalue weighted by atomic mass is 10.0. The molecular weight excluding hydrogens is 224 g/mol. The molecule has 2 N–H and O–H groups in total. The lowest BCUT2D eigenvalue weighted by Gasteiger charge is -2.19. The Bertz CT molecular complexity index is 346. The van der Waals surface area contributed by atoms with E-state index >= 15 is 0 Å². The summed E-state index contributed by atoms with van der Waals surface area (Å²) in [4.78, 5) is 0. The third kappa shape index (κ3) is 2.38. The first-order chi connectivity index (χ1) is 6.59. The summed E-state index contributed by atoms with van der Waals surface area (Å²) in [5, 5.41) is 11.9. The maximum Gasteiger partial charge on any atom is 0.268 e. The number of phenols is 1. The van der Waals surface area contributed by atoms with E-state index in [4.69, 9.17) is 0 Å². The minimum atomic E-state index is -2.71. The maximum absolute atomic E-state index is 13.3. The summed E-state index contributed by atoms with van der Waals surface area (Å²) >= 11 is 0. The van der Waals surface area contributed by atoms with Crippen molar-refractivity contribution in [3.8, 4) is 5.75 Å². The van der Waals surface area contributed by atoms with Crippen LogP contribution in [0.5, 0.6) is 5.75 Å². The molecule has 0 bridgehead atoms. The van der Waals surface area contributed by atoms with Crippen LogP contribution in [0, 0.1) is 0 Å². The molecule has 15 heavy (non-hydrogen) atoms. The summed E-state index contributed by atoms with van der Waals surface area (Å²) < 4.78 is 26.6. The lowest BCUT2D eigenvalue weighted by Crippen LogP contribution is -2.26. The van der Waals surface area contributed by atoms with Gasteiger partial charge in [0.05, 0.1) is 6.04 Å². The zero-order valence-corrected chi connectivity index (χ0v) is 8.73. The Morgan fingerprint density at radius 2 is 2.13 bits per heavy atom. The first-order valence-electron chi connectivity index (χ1n) is 4.50. The second-order valence-corrected chi connectivity index (χ2v) is 3.49. The summed E-state index contributed by atoms with van der Waals surface area (Å²) in [6.07, 6.45) is -0.146. The van der Waals surface area contributed by atoms with E-state index in [-0.39, 0.29) is 24.6 Å². The first-order valence-corrected chi connectivity index (χ1v) is 4.50. The Kier molecular flexibility index (Phi) is 3.52. The molecule has 1 aromatic carbocycles. The Labute approximate surface area is 92.7 Å². The highest BCUT2D eigenvalue weighted by atomic mass is 35.5. The number of benzene rings is 1. The lowest BCUT2D eigenvalue weighted by molar-refractivity contribution is -0.0117. The third-order valence-corrected chi connectivity index (χ3v) is 2.43. The fourth-order valence-electron chi connectivity index (χ4n) is 1.74. The van der Waals surface area contributed by atoms with Crippen molar-refractivity contribution >= 4 is 12.4 Å². The molecule has 0 aromatic heterocycles. The topological polar surface area (TPSA) is 32.3 Å². The van der Waals surface area contributed by atoms with Gasteiger partial charge in [-0.05, 0) is 17.7 Å². The number of hydrogen-bond acceptors (Lipinski definition) is 2. The Morgan fingerprint density at radius 3 is 2.67 bits per heavy atom. The molecule has 0 aliphatic carbocycles. The van der Waals surface area contributed by atoms with Crippen LogP contribution >= 0.6 is 12.4 Å². The summed E-state index contributed by atoms with van der Waals surface area (Å²) in [6, 6.07) is 5.04. The predicted octanol–water partition coefficient (Wildman–Crippen LogP) is 2.48. The van der Waals surface area contributed by atoms with Crippen LogP contribution in [-0.2, 0) is 0 Å². The van der Waals surface area contributed by atoms with E-state index in [1.165, 1.54) is 12.1 Å². The second-order valence-electron chi connectivity index (χ2n) is 3.49. The number of halogens is 3. The van der Waals surface area contributed by atoms with E-state index in [9.17, 15) is 13.9 Å². The molecule has 5 heteroatoms. The van der Waals surface area contributed by atoms with Crippen molar-refractivity contribution in [1.29, 1.82) is 0 Å². The minimum Gasteiger partial charge on any atom is -0.508 e. The van der Waals surface area contributed by atoms with Gasteiger partial charge >= 0.3 is 0 Å². The smallest absolute Gasteiger partial charge is 0.268 e. The molecule has 84 valence electrons. The van der Waals surface area contributed by atoms with Gasteiger partial charge in [0.2, 0.25) is 0 Å². The second kappa shape index (κ2) is 4.33. The normalized spacial score (nSPS) is 23.5. The van der Waals surface area contributed by atoms with Crippen LogP contribution < -0.4 is 5.32 Å². The van der Waals surface area contributed by atoms with Gasteiger partial charge < -0.3 is 10.4 Å². The van der Waals surface area contributed by atoms with E-state index < -0.39 is 12.0 Å². The molecule has 1 aliphatic heterocycles. The van der Waals surface area contributed by atoms with Crippen molar-refractivity contribution in [3.05, 3.63) is 29.8 Å². The van der Waals surface area contributed by atoms with Crippen LogP contribution in [0.15, 0.2) is 24.3 Å². The molecule has 1 saturated heterocycles. The molecule has 1 heterocycles. The van der Waals surface area contributed by atoms with Crippen LogP contribution in [-0.4, -0.2) is 17.6 Å². The minimum absolute atomic E-state index is 0. The molecule has 0 radical (unpaired) electrons. The van der Waals surface area contributed by atoms with Gasteiger partial charge in [0, 0.05) is 13.0 Å². The molecule has 2 nitrogen and oxygen atoms in total. The van der Waals surface area contributed by atoms with E-state index in [0.29, 0.717) is 12.1 Å². The van der Waals surface area contributed by atoms with Crippen LogP contribution in [0.4, 0.5) is 8.78 Å². The SMILES string of the molecule is Cl.Oc1cccc(C2NCCC2(F)F)c1. The van der Waals surface area contributed by atoms with Crippen molar-refractivity contribution in [2.45, 2.75) is 18.4 Å². The highest BCUT2D eigenvalue weighted by Crippen LogP contribution is 2.38. The number of phenolic OH excluding ortho intramolecular Hbond substituents is 1. The molecule has 2 rings (SSSR count). The van der Waals surface area contributed by atoms with Crippen LogP contribution in [0.2, 0.25) is 0 Å². The van der Waals surface area contributed by atoms with Crippen molar-refractivity contribution in [2.75, 3.05) is 6.54 Å². The fourth-order valence-corrected chi connectivity index (χ4v) is 1.74. The Hall–Kier alpha value is -0.870. The number of rotatable bonds is 1. The highest BCUT2D eigenvalue weighted by molar-refractivity contribution is 5.85. The third-order valence-electron chi connectivity index (χ3n) is 2.43. The van der Waals surface area contributed by atoms with Crippen molar-refractivity contribution in [2.24, 2.45) is 0 Å². The average molecular weight is 236 g/mol. The van der Waals surface area contributed by atoms with Crippen LogP contribution in [0.25, 0.3) is 0 Å².